The number of benzene rings is 2. The van der Waals surface area contributed by atoms with Gasteiger partial charge in [0.25, 0.3) is 0 Å². The average molecular weight is 351 g/mol. The first-order valence-corrected chi connectivity index (χ1v) is 8.70. The molecular formula is C20H22BNO4. The summed E-state index contributed by atoms with van der Waals surface area (Å²) in [6.45, 7) is 8.14. The van der Waals surface area contributed by atoms with E-state index >= 15 is 0 Å². The minimum Gasteiger partial charge on any atom is -0.497 e. The normalized spacial score (nSPS) is 18.4. The smallest absolute Gasteiger partial charge is 0.497 e. The number of para-hydroxylation sites is 2. The number of nitrogens with zero attached hydrogens (tertiary/aromatic N) is 1. The Morgan fingerprint density at radius 3 is 2.31 bits per heavy atom. The monoisotopic (exact) mass is 351 g/mol. The Hall–Kier alpha value is -2.31. The van der Waals surface area contributed by atoms with Gasteiger partial charge in [-0.15, -0.1) is 0 Å². The molecule has 4 rings (SSSR count). The third kappa shape index (κ3) is 2.70. The quantitative estimate of drug-likeness (QED) is 0.672. The average Bonchev–Trinajstić information content (AvgIpc) is 3.12. The van der Waals surface area contributed by atoms with E-state index in [1.807, 2.05) is 70.2 Å². The molecule has 0 spiro atoms. The van der Waals surface area contributed by atoms with Gasteiger partial charge in [0.1, 0.15) is 11.3 Å². The highest BCUT2D eigenvalue weighted by molar-refractivity contribution is 6.63. The van der Waals surface area contributed by atoms with E-state index in [0.29, 0.717) is 11.6 Å². The van der Waals surface area contributed by atoms with Crippen molar-refractivity contribution in [3.63, 3.8) is 0 Å². The highest BCUT2D eigenvalue weighted by Crippen LogP contribution is 2.37. The molecule has 0 aliphatic carbocycles. The molecular weight excluding hydrogens is 329 g/mol. The molecule has 26 heavy (non-hydrogen) atoms. The fourth-order valence-corrected chi connectivity index (χ4v) is 3.00. The number of rotatable bonds is 3. The molecule has 1 aromatic heterocycles. The van der Waals surface area contributed by atoms with E-state index in [-0.39, 0.29) is 0 Å². The molecule has 0 atom stereocenters. The summed E-state index contributed by atoms with van der Waals surface area (Å²) in [6.07, 6.45) is 0. The molecule has 0 unspecified atom stereocenters. The first-order chi connectivity index (χ1) is 12.3. The Kier molecular flexibility index (Phi) is 3.86. The molecule has 3 aromatic rings. The molecule has 5 nitrogen and oxygen atoms in total. The maximum absolute atomic E-state index is 6.14. The van der Waals surface area contributed by atoms with Crippen molar-refractivity contribution in [3.8, 4) is 17.2 Å². The third-order valence-corrected chi connectivity index (χ3v) is 5.28. The van der Waals surface area contributed by atoms with Gasteiger partial charge in [-0.2, -0.15) is 0 Å². The lowest BCUT2D eigenvalue weighted by atomic mass is 9.78. The standard InChI is InChI=1S/C20H22BNO4/c1-19(2)20(3,4)26-21(25-19)14-11-10-13(12-17(14)23-5)18-22-15-8-6-7-9-16(15)24-18/h6-12H,1-5H3. The number of methoxy groups -OCH3 is 1. The van der Waals surface area contributed by atoms with E-state index in [0.717, 1.165) is 22.1 Å². The van der Waals surface area contributed by atoms with Gasteiger partial charge < -0.3 is 18.5 Å². The topological polar surface area (TPSA) is 53.7 Å². The molecule has 0 N–H and O–H groups in total. The van der Waals surface area contributed by atoms with E-state index in [1.165, 1.54) is 0 Å². The van der Waals surface area contributed by atoms with Crippen molar-refractivity contribution in [1.29, 1.82) is 0 Å². The van der Waals surface area contributed by atoms with Crippen molar-refractivity contribution in [3.05, 3.63) is 42.5 Å². The van der Waals surface area contributed by atoms with E-state index < -0.39 is 18.3 Å². The molecule has 6 heteroatoms. The van der Waals surface area contributed by atoms with Gasteiger partial charge in [0.15, 0.2) is 5.58 Å². The molecule has 0 amide bonds. The van der Waals surface area contributed by atoms with Crippen molar-refractivity contribution in [2.24, 2.45) is 0 Å². The van der Waals surface area contributed by atoms with Crippen LogP contribution in [0.15, 0.2) is 46.9 Å². The van der Waals surface area contributed by atoms with E-state index in [1.54, 1.807) is 7.11 Å². The third-order valence-electron chi connectivity index (χ3n) is 5.28. The van der Waals surface area contributed by atoms with Crippen LogP contribution in [0.1, 0.15) is 27.7 Å². The minimum atomic E-state index is -0.479. The first-order valence-electron chi connectivity index (χ1n) is 8.70. The first kappa shape index (κ1) is 17.1. The number of ether oxygens (including phenoxy) is 1. The number of aromatic nitrogens is 1. The van der Waals surface area contributed by atoms with Gasteiger partial charge in [0.05, 0.1) is 18.3 Å². The highest BCUT2D eigenvalue weighted by atomic mass is 16.7. The zero-order chi connectivity index (χ0) is 18.5. The second-order valence-electron chi connectivity index (χ2n) is 7.53. The molecule has 0 radical (unpaired) electrons. The summed E-state index contributed by atoms with van der Waals surface area (Å²) in [5.74, 6) is 1.24. The van der Waals surface area contributed by atoms with Crippen LogP contribution in [-0.4, -0.2) is 30.4 Å². The second-order valence-corrected chi connectivity index (χ2v) is 7.53. The van der Waals surface area contributed by atoms with Crippen molar-refractivity contribution < 1.29 is 18.5 Å². The van der Waals surface area contributed by atoms with Crippen LogP contribution in [0, 0.1) is 0 Å². The van der Waals surface area contributed by atoms with Crippen molar-refractivity contribution in [2.45, 2.75) is 38.9 Å². The molecule has 1 saturated heterocycles. The lowest BCUT2D eigenvalue weighted by Gasteiger charge is -2.32. The van der Waals surface area contributed by atoms with Crippen LogP contribution < -0.4 is 10.2 Å². The summed E-state index contributed by atoms with van der Waals surface area (Å²) in [4.78, 5) is 4.55. The molecule has 2 heterocycles. The Bertz CT molecular complexity index is 914. The van der Waals surface area contributed by atoms with Gasteiger partial charge in [0.2, 0.25) is 5.89 Å². The molecule has 1 fully saturated rings. The summed E-state index contributed by atoms with van der Waals surface area (Å²) < 4.78 is 23.7. The fraction of sp³-hybridized carbons (Fsp3) is 0.350. The van der Waals surface area contributed by atoms with Gasteiger partial charge in [-0.25, -0.2) is 4.98 Å². The van der Waals surface area contributed by atoms with Crippen LogP contribution in [0.2, 0.25) is 0 Å². The van der Waals surface area contributed by atoms with Crippen molar-refractivity contribution in [2.75, 3.05) is 7.11 Å². The Balaban J connectivity index is 1.71. The molecule has 1 aliphatic heterocycles. The van der Waals surface area contributed by atoms with Crippen molar-refractivity contribution >= 4 is 23.7 Å². The molecule has 0 saturated carbocycles. The van der Waals surface area contributed by atoms with Crippen LogP contribution in [0.25, 0.3) is 22.6 Å². The highest BCUT2D eigenvalue weighted by Gasteiger charge is 2.52. The van der Waals surface area contributed by atoms with Crippen LogP contribution in [0.5, 0.6) is 5.75 Å². The van der Waals surface area contributed by atoms with Gasteiger partial charge in [-0.3, -0.25) is 0 Å². The maximum Gasteiger partial charge on any atom is 0.498 e. The van der Waals surface area contributed by atoms with Gasteiger partial charge in [-0.05, 0) is 52.0 Å². The Morgan fingerprint density at radius 1 is 0.962 bits per heavy atom. The predicted molar refractivity (Wildman–Crippen MR) is 102 cm³/mol. The molecule has 1 aliphatic rings. The largest absolute Gasteiger partial charge is 0.498 e. The van der Waals surface area contributed by atoms with Crippen LogP contribution >= 0.6 is 0 Å². The van der Waals surface area contributed by atoms with E-state index in [9.17, 15) is 0 Å². The maximum atomic E-state index is 6.14. The number of hydrogen-bond acceptors (Lipinski definition) is 5. The summed E-state index contributed by atoms with van der Waals surface area (Å²) in [7, 11) is 1.16. The number of hydrogen-bond donors (Lipinski definition) is 0. The number of fused-ring (bicyclic) bond motifs is 1. The second kappa shape index (κ2) is 5.86. The van der Waals surface area contributed by atoms with Crippen LogP contribution in [0.3, 0.4) is 0 Å². The Morgan fingerprint density at radius 2 is 1.65 bits per heavy atom. The summed E-state index contributed by atoms with van der Waals surface area (Å²) >= 11 is 0. The number of oxazole rings is 1. The van der Waals surface area contributed by atoms with Gasteiger partial charge >= 0.3 is 7.12 Å². The van der Waals surface area contributed by atoms with E-state index in [4.69, 9.17) is 18.5 Å². The summed E-state index contributed by atoms with van der Waals surface area (Å²) in [5.41, 5.74) is 2.49. The van der Waals surface area contributed by atoms with Gasteiger partial charge in [-0.1, -0.05) is 18.2 Å². The zero-order valence-corrected chi connectivity index (χ0v) is 15.7. The predicted octanol–water partition coefficient (Wildman–Crippen LogP) is 3.80. The SMILES string of the molecule is COc1cc(-c2nc3ccccc3o2)ccc1B1OC(C)(C)C(C)(C)O1. The summed E-state index contributed by atoms with van der Waals surface area (Å²) in [5, 5.41) is 0. The molecule has 0 bridgehead atoms. The lowest BCUT2D eigenvalue weighted by molar-refractivity contribution is 0.00578. The Labute approximate surface area is 153 Å². The fourth-order valence-electron chi connectivity index (χ4n) is 3.00. The molecule has 134 valence electrons. The van der Waals surface area contributed by atoms with Gasteiger partial charge in [0, 0.05) is 11.0 Å². The zero-order valence-electron chi connectivity index (χ0n) is 15.7. The molecule has 2 aromatic carbocycles. The lowest BCUT2D eigenvalue weighted by Crippen LogP contribution is -2.41. The van der Waals surface area contributed by atoms with Crippen LogP contribution in [-0.2, 0) is 9.31 Å². The van der Waals surface area contributed by atoms with Crippen molar-refractivity contribution in [1.82, 2.24) is 4.98 Å². The van der Waals surface area contributed by atoms with E-state index in [2.05, 4.69) is 4.98 Å². The van der Waals surface area contributed by atoms with Crippen LogP contribution in [0.4, 0.5) is 0 Å². The summed E-state index contributed by atoms with van der Waals surface area (Å²) in [6, 6.07) is 13.5. The minimum absolute atomic E-state index is 0.401.